The summed E-state index contributed by atoms with van der Waals surface area (Å²) in [4.78, 5) is 234. The van der Waals surface area contributed by atoms with Crippen LogP contribution in [0.15, 0.2) is 53.5 Å². The Morgan fingerprint density at radius 2 is 0.684 bits per heavy atom. The lowest BCUT2D eigenvalue weighted by Gasteiger charge is -2.30. The lowest BCUT2D eigenvalue weighted by atomic mass is 9.98. The SMILES string of the molecule is CC(C)C[C@H](NC(=O)[C@H](Cc1ccc(O)cc1)NC(=O)[C@H](CC(C)C)NC(=O)[C@H](CCC(=O)O)NC(=O)[C@@H](NC(=O)[C@H](Cc1ccc(O)cc1)NC(=O)[C@@H](NC(=O)[C@H](CC(=O)O)NC(=O)[C@H](CCCCN)NC(=O)[C@H](CCCN=C(N)N)NC(=O)[C@H](CCC(N)=O)NC(=O)[C@H](CCC(=O)O)NC(=O)CN)C(C)C)C(C)C)C(=O)O. The first-order valence-electron chi connectivity index (χ1n) is 37.3. The van der Waals surface area contributed by atoms with Crippen molar-refractivity contribution < 1.29 is 112 Å². The number of nitrogens with one attached hydrogen (secondary N) is 12. The van der Waals surface area contributed by atoms with Crippen molar-refractivity contribution in [1.82, 2.24) is 63.8 Å². The van der Waals surface area contributed by atoms with E-state index in [0.29, 0.717) is 11.1 Å². The number of aromatic hydroxyl groups is 2. The monoisotopic (exact) mass is 1610 g/mol. The van der Waals surface area contributed by atoms with Crippen LogP contribution in [0.4, 0.5) is 0 Å². The van der Waals surface area contributed by atoms with Crippen molar-refractivity contribution in [2.75, 3.05) is 19.6 Å². The predicted octanol–water partition coefficient (Wildman–Crippen LogP) is -4.20. The number of aliphatic imine (C=N–C) groups is 1. The van der Waals surface area contributed by atoms with Gasteiger partial charge in [0.15, 0.2) is 5.96 Å². The molecule has 0 saturated heterocycles. The molecule has 28 N–H and O–H groups in total. The molecule has 0 radical (unpaired) electrons. The first-order chi connectivity index (χ1) is 53.4. The highest BCUT2D eigenvalue weighted by atomic mass is 16.4. The van der Waals surface area contributed by atoms with Crippen LogP contribution < -0.4 is 92.5 Å². The number of rotatable bonds is 54. The molecule has 0 aliphatic carbocycles. The van der Waals surface area contributed by atoms with Crippen LogP contribution in [0.5, 0.6) is 11.5 Å². The van der Waals surface area contributed by atoms with Crippen molar-refractivity contribution in [3.63, 3.8) is 0 Å². The number of carbonyl (C=O) groups is 17. The number of unbranched alkanes of at least 4 members (excludes halogenated alkanes) is 1. The summed E-state index contributed by atoms with van der Waals surface area (Å²) in [6.45, 7) is 12.1. The predicted molar refractivity (Wildman–Crippen MR) is 409 cm³/mol. The number of nitrogens with zero attached hydrogens (tertiary/aromatic N) is 1. The Hall–Kier alpha value is -11.8. The van der Waals surface area contributed by atoms with Crippen molar-refractivity contribution in [2.24, 2.45) is 57.3 Å². The molecule has 0 heterocycles. The third-order valence-corrected chi connectivity index (χ3v) is 17.4. The van der Waals surface area contributed by atoms with E-state index in [4.69, 9.17) is 28.7 Å². The Bertz CT molecular complexity index is 3650. The summed E-state index contributed by atoms with van der Waals surface area (Å²) in [7, 11) is 0. The van der Waals surface area contributed by atoms with Crippen LogP contribution in [-0.4, -0.2) is 229 Å². The van der Waals surface area contributed by atoms with Crippen molar-refractivity contribution >= 4 is 107 Å². The first kappa shape index (κ1) is 98.3. The summed E-state index contributed by atoms with van der Waals surface area (Å²) in [5, 5.41) is 88.8. The Balaban J connectivity index is 2.62. The van der Waals surface area contributed by atoms with E-state index in [1.165, 1.54) is 76.2 Å². The van der Waals surface area contributed by atoms with Gasteiger partial charge in [-0.1, -0.05) is 79.7 Å². The number of carbonyl (C=O) groups excluding carboxylic acids is 13. The summed E-state index contributed by atoms with van der Waals surface area (Å²) >= 11 is 0. The van der Waals surface area contributed by atoms with E-state index >= 15 is 0 Å². The van der Waals surface area contributed by atoms with E-state index in [1.54, 1.807) is 27.7 Å². The minimum Gasteiger partial charge on any atom is -0.508 e. The van der Waals surface area contributed by atoms with E-state index in [-0.39, 0.29) is 93.8 Å². The summed E-state index contributed by atoms with van der Waals surface area (Å²) in [5.41, 5.74) is 28.3. The van der Waals surface area contributed by atoms with Gasteiger partial charge in [0.1, 0.15) is 84.0 Å². The molecule has 0 aromatic heterocycles. The molecule has 0 fully saturated rings. The van der Waals surface area contributed by atoms with Crippen LogP contribution in [0.25, 0.3) is 0 Å². The van der Waals surface area contributed by atoms with E-state index in [9.17, 15) is 112 Å². The normalized spacial score (nSPS) is 14.3. The molecule has 0 aliphatic rings. The molecule has 2 aromatic rings. The van der Waals surface area contributed by atoms with E-state index in [1.807, 2.05) is 0 Å². The minimum atomic E-state index is -2.04. The maximum absolute atomic E-state index is 14.8. The van der Waals surface area contributed by atoms with Gasteiger partial charge in [-0.05, 0) is 130 Å². The van der Waals surface area contributed by atoms with E-state index < -0.39 is 243 Å². The number of carboxylic acids is 4. The van der Waals surface area contributed by atoms with Gasteiger partial charge in [0.2, 0.25) is 76.8 Å². The molecule has 41 heteroatoms. The van der Waals surface area contributed by atoms with Crippen LogP contribution in [0, 0.1) is 23.7 Å². The van der Waals surface area contributed by atoms with Gasteiger partial charge in [-0.15, -0.1) is 0 Å². The Morgan fingerprint density at radius 3 is 1.06 bits per heavy atom. The molecule has 0 bridgehead atoms. The maximum Gasteiger partial charge on any atom is 0.326 e. The second-order valence-electron chi connectivity index (χ2n) is 28.9. The van der Waals surface area contributed by atoms with Gasteiger partial charge in [0.05, 0.1) is 13.0 Å². The molecule has 0 spiro atoms. The lowest BCUT2D eigenvalue weighted by molar-refractivity contribution is -0.143. The fraction of sp³-hybridized carbons (Fsp3) is 0.589. The molecule has 13 amide bonds. The third-order valence-electron chi connectivity index (χ3n) is 17.4. The van der Waals surface area contributed by atoms with Crippen molar-refractivity contribution in [1.29, 1.82) is 0 Å². The van der Waals surface area contributed by atoms with Crippen molar-refractivity contribution in [3.8, 4) is 11.5 Å². The molecule has 2 rings (SSSR count). The van der Waals surface area contributed by atoms with Gasteiger partial charge in [-0.2, -0.15) is 0 Å². The zero-order valence-electron chi connectivity index (χ0n) is 65.2. The number of primary amides is 1. The van der Waals surface area contributed by atoms with Crippen LogP contribution in [0.3, 0.4) is 0 Å². The highest BCUT2D eigenvalue weighted by molar-refractivity contribution is 6.01. The number of guanidine groups is 1. The van der Waals surface area contributed by atoms with Crippen LogP contribution in [-0.2, 0) is 94.3 Å². The summed E-state index contributed by atoms with van der Waals surface area (Å²) < 4.78 is 0. The topological polar surface area (TPSA) is 698 Å². The average Bonchev–Trinajstić information content (AvgIpc) is 0.838. The highest BCUT2D eigenvalue weighted by Gasteiger charge is 2.39. The van der Waals surface area contributed by atoms with E-state index in [0.717, 1.165) is 0 Å². The molecule has 12 atom stereocenters. The second kappa shape index (κ2) is 50.3. The summed E-state index contributed by atoms with van der Waals surface area (Å²) in [6.07, 6.45) is -5.56. The number of carboxylic acid groups (broad SMARTS) is 4. The Morgan fingerprint density at radius 1 is 0.360 bits per heavy atom. The molecule has 0 aliphatic heterocycles. The number of hydrogen-bond donors (Lipinski definition) is 23. The van der Waals surface area contributed by atoms with E-state index in [2.05, 4.69) is 68.8 Å². The minimum absolute atomic E-state index is 0.0196. The number of phenolic OH excluding ortho intramolecular Hbond substituents is 2. The third kappa shape index (κ3) is 38.0. The molecule has 634 valence electrons. The molecule has 0 saturated carbocycles. The molecular weight excluding hydrogens is 1500 g/mol. The fourth-order valence-corrected chi connectivity index (χ4v) is 11.4. The quantitative estimate of drug-likeness (QED) is 0.0170. The largest absolute Gasteiger partial charge is 0.508 e. The molecular formula is C73H114N18O23. The molecule has 0 unspecified atom stereocenters. The van der Waals surface area contributed by atoms with Gasteiger partial charge in [0.25, 0.3) is 0 Å². The van der Waals surface area contributed by atoms with Gasteiger partial charge in [-0.3, -0.25) is 81.7 Å². The number of nitrogens with two attached hydrogens (primary N) is 5. The lowest BCUT2D eigenvalue weighted by Crippen LogP contribution is -2.62. The average molecular weight is 1610 g/mol. The summed E-state index contributed by atoms with van der Waals surface area (Å²) in [6, 6.07) is -8.75. The molecule has 114 heavy (non-hydrogen) atoms. The van der Waals surface area contributed by atoms with Gasteiger partial charge in [0, 0.05) is 38.6 Å². The molecule has 2 aromatic carbocycles. The van der Waals surface area contributed by atoms with Gasteiger partial charge < -0.3 is 123 Å². The number of hydrogen-bond acceptors (Lipinski definition) is 22. The standard InChI is InChI=1S/C73H114N18O23/c1-36(2)30-49(66(107)86-50(32-40-14-18-42(92)19-15-40)67(108)89-53(72(113)114)31-37(3)4)85-65(106)48(24-27-57(98)99)84-70(111)59(38(5)6)90-68(109)51(33-41-16-20-43(93)21-17-41)88-71(112)60(39(7)8)91-69(110)52(34-58(100)101)87-62(103)44(12-9-10-28-74)81-61(102)45(13-11-29-79-73(77)78)82-64(105)47(22-25-54(76)94)83-63(104)46(23-26-56(96)97)80-55(95)35-75/h14-21,36-39,44-53,59-60,92-93H,9-13,22-35,74-75H2,1-8H3,(H2,76,94)(H,80,95)(H,81,102)(H,82,105)(H,83,104)(H,84,111)(H,85,106)(H,86,107)(H,87,103)(H,88,112)(H,89,108)(H,90,109)(H,91,110)(H,96,97)(H,98,99)(H,100,101)(H,113,114)(H4,77,78,79)/t44-,45-,46-,47-,48-,49-,50-,51-,52-,53-,59-,60-/m0/s1. The zero-order valence-corrected chi connectivity index (χ0v) is 65.2. The maximum atomic E-state index is 14.8. The highest BCUT2D eigenvalue weighted by Crippen LogP contribution is 2.18. The Labute approximate surface area is 658 Å². The number of phenols is 2. The number of aliphatic carboxylic acids is 4. The molecule has 41 nitrogen and oxygen atoms in total. The van der Waals surface area contributed by atoms with Gasteiger partial charge in [-0.25, -0.2) is 4.79 Å². The smallest absolute Gasteiger partial charge is 0.326 e. The summed E-state index contributed by atoms with van der Waals surface area (Å²) in [5.74, 6) is -22.5. The fourth-order valence-electron chi connectivity index (χ4n) is 11.4. The zero-order chi connectivity index (χ0) is 86.2. The Kier molecular flexibility index (Phi) is 43.3. The van der Waals surface area contributed by atoms with Crippen LogP contribution in [0.2, 0.25) is 0 Å². The van der Waals surface area contributed by atoms with Crippen molar-refractivity contribution in [2.45, 2.75) is 231 Å². The van der Waals surface area contributed by atoms with Crippen LogP contribution >= 0.6 is 0 Å². The number of benzene rings is 2. The second-order valence-corrected chi connectivity index (χ2v) is 28.9. The first-order valence-corrected chi connectivity index (χ1v) is 37.3. The van der Waals surface area contributed by atoms with Gasteiger partial charge >= 0.3 is 23.9 Å². The van der Waals surface area contributed by atoms with Crippen molar-refractivity contribution in [3.05, 3.63) is 59.7 Å². The van der Waals surface area contributed by atoms with Crippen LogP contribution in [0.1, 0.15) is 156 Å². The number of amides is 13.